The lowest BCUT2D eigenvalue weighted by Crippen LogP contribution is -2.14. The Morgan fingerprint density at radius 2 is 2.69 bits per heavy atom. The normalized spacial score (nSPS) is 22.0. The molecule has 0 aliphatic carbocycles. The summed E-state index contributed by atoms with van der Waals surface area (Å²) < 4.78 is 1.49. The topological polar surface area (TPSA) is 89.3 Å². The third-order valence-corrected chi connectivity index (χ3v) is 1.80. The molecule has 0 amide bonds. The molecule has 1 aromatic rings. The molecule has 1 aliphatic heterocycles. The van der Waals surface area contributed by atoms with Crippen LogP contribution in [0.4, 0.5) is 0 Å². The largest absolute Gasteiger partial charge is 0.476 e. The number of carboxylic acid groups (broad SMARTS) is 1. The molecule has 2 heterocycles. The van der Waals surface area contributed by atoms with Gasteiger partial charge in [-0.25, -0.2) is 15.0 Å². The van der Waals surface area contributed by atoms with Gasteiger partial charge in [0.05, 0.1) is 18.8 Å². The molecule has 0 unspecified atom stereocenters. The Bertz CT molecular complexity index is 317. The second-order valence-electron chi connectivity index (χ2n) is 2.70. The van der Waals surface area contributed by atoms with Crippen LogP contribution in [0.15, 0.2) is 6.20 Å². The van der Waals surface area contributed by atoms with Crippen molar-refractivity contribution in [3.63, 3.8) is 0 Å². The lowest BCUT2D eigenvalue weighted by Gasteiger charge is -2.03. The molecule has 0 bridgehead atoms. The highest BCUT2D eigenvalue weighted by Gasteiger charge is 2.20. The van der Waals surface area contributed by atoms with E-state index in [1.807, 2.05) is 0 Å². The number of rotatable bonds is 2. The molecule has 7 nitrogen and oxygen atoms in total. The summed E-state index contributed by atoms with van der Waals surface area (Å²) in [5, 5.41) is 15.8. The van der Waals surface area contributed by atoms with E-state index in [1.165, 1.54) is 10.9 Å². The van der Waals surface area contributed by atoms with Crippen LogP contribution in [-0.2, 0) is 4.84 Å². The lowest BCUT2D eigenvalue weighted by atomic mass is 10.3. The van der Waals surface area contributed by atoms with Gasteiger partial charge in [0.2, 0.25) is 0 Å². The molecule has 0 spiro atoms. The summed E-state index contributed by atoms with van der Waals surface area (Å²) in [4.78, 5) is 15.4. The fourth-order valence-electron chi connectivity index (χ4n) is 1.09. The maximum absolute atomic E-state index is 10.5. The number of hydrogen-bond acceptors (Lipinski definition) is 5. The molecule has 1 fully saturated rings. The molecule has 13 heavy (non-hydrogen) atoms. The second kappa shape index (κ2) is 3.11. The molecule has 1 atom stereocenters. The Labute approximate surface area is 73.3 Å². The van der Waals surface area contributed by atoms with Crippen molar-refractivity contribution in [2.24, 2.45) is 0 Å². The predicted octanol–water partition coefficient (Wildman–Crippen LogP) is -0.948. The third-order valence-electron chi connectivity index (χ3n) is 1.80. The summed E-state index contributed by atoms with van der Waals surface area (Å²) in [5.74, 6) is -1.07. The van der Waals surface area contributed by atoms with Crippen LogP contribution in [0.3, 0.4) is 0 Å². The van der Waals surface area contributed by atoms with E-state index in [-0.39, 0.29) is 11.7 Å². The molecule has 70 valence electrons. The number of carbonyl (C=O) groups is 1. The van der Waals surface area contributed by atoms with E-state index in [4.69, 9.17) is 9.94 Å². The first kappa shape index (κ1) is 8.14. The Morgan fingerprint density at radius 3 is 3.23 bits per heavy atom. The third kappa shape index (κ3) is 1.51. The van der Waals surface area contributed by atoms with E-state index >= 15 is 0 Å². The standard InChI is InChI=1S/C6H8N4O3/c11-6(12)5-2-10(9-8-5)4-1-7-13-3-4/h2,4,7H,1,3H2,(H,11,12)/t4-/m0/s1. The van der Waals surface area contributed by atoms with Crippen LogP contribution in [0.5, 0.6) is 0 Å². The van der Waals surface area contributed by atoms with E-state index in [1.54, 1.807) is 0 Å². The second-order valence-corrected chi connectivity index (χ2v) is 2.70. The first-order valence-corrected chi connectivity index (χ1v) is 3.77. The molecule has 0 aromatic carbocycles. The van der Waals surface area contributed by atoms with Gasteiger partial charge in [-0.1, -0.05) is 5.21 Å². The molecule has 0 radical (unpaired) electrons. The van der Waals surface area contributed by atoms with Gasteiger partial charge in [0.15, 0.2) is 5.69 Å². The quantitative estimate of drug-likeness (QED) is 0.616. The number of hydrogen-bond donors (Lipinski definition) is 2. The number of aromatic nitrogens is 3. The van der Waals surface area contributed by atoms with E-state index in [9.17, 15) is 4.79 Å². The van der Waals surface area contributed by atoms with Gasteiger partial charge in [-0.15, -0.1) is 5.10 Å². The van der Waals surface area contributed by atoms with Crippen LogP contribution in [0, 0.1) is 0 Å². The molecule has 2 N–H and O–H groups in total. The number of nitrogens with zero attached hydrogens (tertiary/aromatic N) is 3. The van der Waals surface area contributed by atoms with Gasteiger partial charge in [0, 0.05) is 6.54 Å². The van der Waals surface area contributed by atoms with Crippen molar-refractivity contribution in [2.75, 3.05) is 13.2 Å². The summed E-state index contributed by atoms with van der Waals surface area (Å²) in [5.41, 5.74) is 2.62. The Balaban J connectivity index is 2.16. The number of nitrogens with one attached hydrogen (secondary N) is 1. The van der Waals surface area contributed by atoms with Gasteiger partial charge in [0.25, 0.3) is 0 Å². The minimum absolute atomic E-state index is 0.0283. The Morgan fingerprint density at radius 1 is 1.85 bits per heavy atom. The summed E-state index contributed by atoms with van der Waals surface area (Å²) in [6, 6.07) is 0.0283. The highest BCUT2D eigenvalue weighted by molar-refractivity contribution is 5.84. The molecule has 1 aliphatic rings. The molecular weight excluding hydrogens is 176 g/mol. The monoisotopic (exact) mass is 184 g/mol. The maximum atomic E-state index is 10.5. The van der Waals surface area contributed by atoms with Crippen LogP contribution < -0.4 is 5.48 Å². The average molecular weight is 184 g/mol. The van der Waals surface area contributed by atoms with Crippen LogP contribution in [-0.4, -0.2) is 39.2 Å². The number of aromatic carboxylic acids is 1. The highest BCUT2D eigenvalue weighted by atomic mass is 16.7. The van der Waals surface area contributed by atoms with Crippen LogP contribution in [0.1, 0.15) is 16.5 Å². The van der Waals surface area contributed by atoms with Gasteiger partial charge in [-0.05, 0) is 0 Å². The highest BCUT2D eigenvalue weighted by Crippen LogP contribution is 2.08. The van der Waals surface area contributed by atoms with E-state index in [2.05, 4.69) is 15.8 Å². The summed E-state index contributed by atoms with van der Waals surface area (Å²) in [7, 11) is 0. The average Bonchev–Trinajstić information content (AvgIpc) is 2.75. The van der Waals surface area contributed by atoms with E-state index < -0.39 is 5.97 Å². The van der Waals surface area contributed by atoms with Gasteiger partial charge >= 0.3 is 5.97 Å². The molecule has 7 heteroatoms. The van der Waals surface area contributed by atoms with Crippen LogP contribution in [0.2, 0.25) is 0 Å². The molecule has 0 saturated carbocycles. The van der Waals surface area contributed by atoms with Crippen molar-refractivity contribution in [1.82, 2.24) is 20.5 Å². The van der Waals surface area contributed by atoms with Gasteiger partial charge in [-0.3, -0.25) is 4.84 Å². The van der Waals surface area contributed by atoms with Crippen molar-refractivity contribution in [2.45, 2.75) is 6.04 Å². The van der Waals surface area contributed by atoms with Gasteiger partial charge < -0.3 is 5.11 Å². The Hall–Kier alpha value is -1.47. The molecular formula is C6H8N4O3. The van der Waals surface area contributed by atoms with E-state index in [0.717, 1.165) is 0 Å². The molecule has 1 aromatic heterocycles. The van der Waals surface area contributed by atoms with Crippen molar-refractivity contribution >= 4 is 5.97 Å². The lowest BCUT2D eigenvalue weighted by molar-refractivity contribution is 0.0690. The molecule has 2 rings (SSSR count). The summed E-state index contributed by atoms with van der Waals surface area (Å²) in [6.45, 7) is 1.09. The smallest absolute Gasteiger partial charge is 0.358 e. The zero-order chi connectivity index (χ0) is 9.26. The van der Waals surface area contributed by atoms with Crippen LogP contribution >= 0.6 is 0 Å². The fourth-order valence-corrected chi connectivity index (χ4v) is 1.09. The minimum Gasteiger partial charge on any atom is -0.476 e. The first-order valence-electron chi connectivity index (χ1n) is 3.77. The predicted molar refractivity (Wildman–Crippen MR) is 40.0 cm³/mol. The van der Waals surface area contributed by atoms with Crippen LogP contribution in [0.25, 0.3) is 0 Å². The molecule has 1 saturated heterocycles. The van der Waals surface area contributed by atoms with Crippen molar-refractivity contribution in [3.05, 3.63) is 11.9 Å². The fraction of sp³-hybridized carbons (Fsp3) is 0.500. The zero-order valence-electron chi connectivity index (χ0n) is 6.67. The van der Waals surface area contributed by atoms with Gasteiger partial charge in [0.1, 0.15) is 0 Å². The number of carboxylic acids is 1. The summed E-state index contributed by atoms with van der Waals surface area (Å²) >= 11 is 0. The first-order chi connectivity index (χ1) is 6.27. The number of hydroxylamine groups is 1. The van der Waals surface area contributed by atoms with Crippen molar-refractivity contribution in [1.29, 1.82) is 0 Å². The van der Waals surface area contributed by atoms with Crippen molar-refractivity contribution in [3.8, 4) is 0 Å². The zero-order valence-corrected chi connectivity index (χ0v) is 6.67. The van der Waals surface area contributed by atoms with Crippen molar-refractivity contribution < 1.29 is 14.7 Å². The minimum atomic E-state index is -1.07. The SMILES string of the molecule is O=C(O)c1cn([C@H]2CNOC2)nn1. The van der Waals surface area contributed by atoms with E-state index in [0.29, 0.717) is 13.2 Å². The maximum Gasteiger partial charge on any atom is 0.358 e. The summed E-state index contributed by atoms with van der Waals surface area (Å²) in [6.07, 6.45) is 1.39. The Kier molecular flexibility index (Phi) is 1.95. The van der Waals surface area contributed by atoms with Gasteiger partial charge in [-0.2, -0.15) is 0 Å².